The molecule has 3 aliphatic carbocycles. The van der Waals surface area contributed by atoms with E-state index in [0.717, 1.165) is 24.6 Å². The molecule has 0 saturated heterocycles. The van der Waals surface area contributed by atoms with E-state index in [0.29, 0.717) is 29.4 Å². The maximum atomic E-state index is 16.2. The third-order valence-electron chi connectivity index (χ3n) is 9.13. The zero-order valence-electron chi connectivity index (χ0n) is 19.2. The highest BCUT2D eigenvalue weighted by Crippen LogP contribution is 2.67. The quantitative estimate of drug-likeness (QED) is 0.375. The average Bonchev–Trinajstić information content (AvgIpc) is 3.17. The molecule has 4 aliphatic rings. The fourth-order valence-corrected chi connectivity index (χ4v) is 9.70. The zero-order valence-corrected chi connectivity index (χ0v) is 20.0. The van der Waals surface area contributed by atoms with Gasteiger partial charge in [-0.3, -0.25) is 14.5 Å². The number of H-pyrrole nitrogens is 2. The molecule has 4 aromatic rings. The Labute approximate surface area is 205 Å². The third-order valence-corrected chi connectivity index (χ3v) is 11.4. The predicted molar refractivity (Wildman–Crippen MR) is 131 cm³/mol. The van der Waals surface area contributed by atoms with Gasteiger partial charge in [-0.1, -0.05) is 6.07 Å². The lowest BCUT2D eigenvalue weighted by molar-refractivity contribution is 0.234. The predicted octanol–water partition coefficient (Wildman–Crippen LogP) is 4.48. The van der Waals surface area contributed by atoms with E-state index in [9.17, 15) is 8.42 Å². The number of anilines is 2. The van der Waals surface area contributed by atoms with Crippen molar-refractivity contribution in [2.45, 2.75) is 49.3 Å². The summed E-state index contributed by atoms with van der Waals surface area (Å²) >= 11 is 0. The molecule has 3 saturated carbocycles. The van der Waals surface area contributed by atoms with Crippen LogP contribution in [0.2, 0.25) is 0 Å². The largest absolute Gasteiger partial charge is 0.382 e. The normalized spacial score (nSPS) is 29.3. The minimum absolute atomic E-state index is 0.0212. The van der Waals surface area contributed by atoms with Gasteiger partial charge in [0.2, 0.25) is 10.0 Å². The van der Waals surface area contributed by atoms with Gasteiger partial charge in [-0.2, -0.15) is 10.2 Å². The second-order valence-corrected chi connectivity index (χ2v) is 13.0. The van der Waals surface area contributed by atoms with Gasteiger partial charge in [0.15, 0.2) is 5.82 Å². The highest BCUT2D eigenvalue weighted by molar-refractivity contribution is 7.93. The molecule has 2 aromatic carbocycles. The molecule has 0 radical (unpaired) electrons. The average molecular weight is 511 g/mol. The highest BCUT2D eigenvalue weighted by Gasteiger charge is 2.60. The van der Waals surface area contributed by atoms with Gasteiger partial charge in [-0.25, -0.2) is 17.2 Å². The number of halogens is 2. The Morgan fingerprint density at radius 3 is 2.67 bits per heavy atom. The van der Waals surface area contributed by atoms with Crippen molar-refractivity contribution in [1.29, 1.82) is 0 Å². The molecule has 5 atom stereocenters. The van der Waals surface area contributed by atoms with E-state index in [1.165, 1.54) is 10.4 Å². The van der Waals surface area contributed by atoms with Crippen molar-refractivity contribution < 1.29 is 17.2 Å². The van der Waals surface area contributed by atoms with Gasteiger partial charge in [0.25, 0.3) is 0 Å². The van der Waals surface area contributed by atoms with Gasteiger partial charge in [-0.15, -0.1) is 0 Å². The number of aromatic amines is 2. The second-order valence-electron chi connectivity index (χ2n) is 10.9. The van der Waals surface area contributed by atoms with Gasteiger partial charge >= 0.3 is 0 Å². The van der Waals surface area contributed by atoms with Crippen molar-refractivity contribution in [3.05, 3.63) is 47.2 Å². The summed E-state index contributed by atoms with van der Waals surface area (Å²) in [4.78, 5) is 0. The third kappa shape index (κ3) is 2.49. The van der Waals surface area contributed by atoms with Crippen LogP contribution in [0.25, 0.3) is 21.8 Å². The molecule has 1 aliphatic heterocycles. The van der Waals surface area contributed by atoms with Crippen LogP contribution in [0, 0.1) is 29.4 Å². The van der Waals surface area contributed by atoms with E-state index in [2.05, 4.69) is 20.4 Å². The summed E-state index contributed by atoms with van der Waals surface area (Å²) in [5.41, 5.74) is 7.99. The van der Waals surface area contributed by atoms with Crippen molar-refractivity contribution in [2.75, 3.05) is 10.0 Å². The van der Waals surface area contributed by atoms with Crippen LogP contribution in [0.15, 0.2) is 24.4 Å². The number of benzene rings is 2. The lowest BCUT2D eigenvalue weighted by Gasteiger charge is -2.49. The topological polar surface area (TPSA) is 121 Å². The van der Waals surface area contributed by atoms with Crippen LogP contribution in [-0.4, -0.2) is 34.1 Å². The van der Waals surface area contributed by atoms with Crippen molar-refractivity contribution >= 4 is 43.3 Å². The van der Waals surface area contributed by atoms with E-state index in [-0.39, 0.29) is 46.1 Å². The minimum atomic E-state index is -3.95. The number of hydrogen-bond acceptors (Lipinski definition) is 5. The molecule has 186 valence electrons. The van der Waals surface area contributed by atoms with Gasteiger partial charge in [0, 0.05) is 17.0 Å². The number of rotatable bonds is 3. The summed E-state index contributed by atoms with van der Waals surface area (Å²) in [5.74, 6) is -0.939. The number of nitrogens with zero attached hydrogens (tertiary/aromatic N) is 3. The molecule has 3 fully saturated rings. The van der Waals surface area contributed by atoms with Crippen molar-refractivity contribution in [1.82, 2.24) is 20.4 Å². The molecule has 8 nitrogen and oxygen atoms in total. The molecule has 0 amide bonds. The van der Waals surface area contributed by atoms with Crippen LogP contribution in [0.4, 0.5) is 20.3 Å². The first-order valence-electron chi connectivity index (χ1n) is 12.5. The Hall–Kier alpha value is -3.21. The number of nitrogens with one attached hydrogen (secondary N) is 2. The van der Waals surface area contributed by atoms with E-state index in [1.807, 2.05) is 0 Å². The molecule has 4 N–H and O–H groups in total. The zero-order chi connectivity index (χ0) is 24.5. The van der Waals surface area contributed by atoms with Gasteiger partial charge in [0.1, 0.15) is 11.6 Å². The van der Waals surface area contributed by atoms with Gasteiger partial charge in [-0.05, 0) is 67.4 Å². The number of nitrogens with two attached hydrogens (primary N) is 1. The molecule has 0 spiro atoms. The van der Waals surface area contributed by atoms with Crippen LogP contribution in [0.1, 0.15) is 55.2 Å². The summed E-state index contributed by atoms with van der Waals surface area (Å²) in [6.45, 7) is 0. The van der Waals surface area contributed by atoms with Crippen LogP contribution in [-0.2, 0) is 10.0 Å². The Morgan fingerprint density at radius 2 is 1.86 bits per heavy atom. The molecule has 2 bridgehead atoms. The SMILES string of the molecule is Nc1n[nH]c2ccc(C3[C@@H]4C5CCC(C5)[C@@H]4c4c(c(F)cc5[nH]ncc45)N3S(=O)(=O)C3CC3)c(F)c12. The van der Waals surface area contributed by atoms with Crippen molar-refractivity contribution in [2.24, 2.45) is 17.8 Å². The van der Waals surface area contributed by atoms with Crippen LogP contribution < -0.4 is 10.0 Å². The fraction of sp³-hybridized carbons (Fsp3) is 0.440. The van der Waals surface area contributed by atoms with E-state index >= 15 is 8.78 Å². The standard InChI is InChI=1S/C25H24F2N6O2S/c26-15-8-17-14(9-29-30-17)20-18-10-1-2-11(7-10)19(18)23(33(24(15)20)36(34,35)12-3-4-12)13-5-6-16-21(22(13)27)25(28)32-31-16/h5-6,8-12,18-19,23H,1-4,7H2,(H,29,30)(H3,28,31,32)/t10?,11?,18-,19+,23?/m0/s1. The van der Waals surface area contributed by atoms with Gasteiger partial charge < -0.3 is 5.73 Å². The molecular weight excluding hydrogens is 486 g/mol. The Kier molecular flexibility index (Phi) is 3.93. The smallest absolute Gasteiger partial charge is 0.238 e. The summed E-state index contributed by atoms with van der Waals surface area (Å²) < 4.78 is 61.7. The number of hydrogen-bond donors (Lipinski definition) is 3. The molecule has 8 rings (SSSR count). The summed E-state index contributed by atoms with van der Waals surface area (Å²) in [5, 5.41) is 14.0. The van der Waals surface area contributed by atoms with Gasteiger partial charge in [0.05, 0.1) is 39.6 Å². The first-order chi connectivity index (χ1) is 17.4. The molecular formula is C25H24F2N6O2S. The highest BCUT2D eigenvalue weighted by atomic mass is 32.2. The number of fused-ring (bicyclic) bond motifs is 10. The monoisotopic (exact) mass is 510 g/mol. The molecule has 3 unspecified atom stereocenters. The maximum Gasteiger partial charge on any atom is 0.238 e. The number of aromatic nitrogens is 4. The Morgan fingerprint density at radius 1 is 1.06 bits per heavy atom. The molecule has 3 heterocycles. The lowest BCUT2D eigenvalue weighted by atomic mass is 9.67. The van der Waals surface area contributed by atoms with Crippen LogP contribution in [0.3, 0.4) is 0 Å². The van der Waals surface area contributed by atoms with E-state index in [1.54, 1.807) is 18.3 Å². The second kappa shape index (κ2) is 6.76. The maximum absolute atomic E-state index is 16.2. The minimum Gasteiger partial charge on any atom is -0.382 e. The molecule has 11 heteroatoms. The number of nitrogen functional groups attached to an aromatic ring is 1. The first kappa shape index (κ1) is 20.9. The number of sulfonamides is 1. The van der Waals surface area contributed by atoms with Crippen LogP contribution >= 0.6 is 0 Å². The Balaban J connectivity index is 1.48. The van der Waals surface area contributed by atoms with Crippen molar-refractivity contribution in [3.8, 4) is 0 Å². The fourth-order valence-electron chi connectivity index (χ4n) is 7.63. The summed E-state index contributed by atoms with van der Waals surface area (Å²) in [6.07, 6.45) is 5.59. The van der Waals surface area contributed by atoms with E-state index < -0.39 is 32.9 Å². The lowest BCUT2D eigenvalue weighted by Crippen LogP contribution is -2.48. The summed E-state index contributed by atoms with van der Waals surface area (Å²) in [6, 6.07) is 3.76. The summed E-state index contributed by atoms with van der Waals surface area (Å²) in [7, 11) is -3.95. The van der Waals surface area contributed by atoms with Crippen molar-refractivity contribution in [3.63, 3.8) is 0 Å². The molecule has 2 aromatic heterocycles. The Bertz CT molecular complexity index is 1690. The molecule has 36 heavy (non-hydrogen) atoms. The van der Waals surface area contributed by atoms with Crippen LogP contribution in [0.5, 0.6) is 0 Å². The van der Waals surface area contributed by atoms with E-state index in [4.69, 9.17) is 5.73 Å². The first-order valence-corrected chi connectivity index (χ1v) is 14.0.